The van der Waals surface area contributed by atoms with Crippen molar-refractivity contribution < 1.29 is 21.8 Å². The molecule has 1 aliphatic carbocycles. The lowest BCUT2D eigenvalue weighted by Gasteiger charge is -2.31. The topological polar surface area (TPSA) is 124 Å². The van der Waals surface area contributed by atoms with Crippen molar-refractivity contribution in [2.24, 2.45) is 5.92 Å². The Kier molecular flexibility index (Phi) is 11.2. The van der Waals surface area contributed by atoms with Gasteiger partial charge in [0.2, 0.25) is 10.0 Å². The molecule has 2 aromatic carbocycles. The molecule has 0 radical (unpaired) electrons. The molecule has 2 aliphatic rings. The molecule has 1 aliphatic heterocycles. The van der Waals surface area contributed by atoms with Gasteiger partial charge in [-0.1, -0.05) is 44.1 Å². The van der Waals surface area contributed by atoms with Gasteiger partial charge in [-0.2, -0.15) is 4.31 Å². The van der Waals surface area contributed by atoms with E-state index < -0.39 is 35.6 Å². The maximum absolute atomic E-state index is 13.9. The van der Waals surface area contributed by atoms with Gasteiger partial charge in [-0.3, -0.25) is 19.3 Å². The lowest BCUT2D eigenvalue weighted by Crippen LogP contribution is -2.39. The van der Waals surface area contributed by atoms with E-state index >= 15 is 0 Å². The molecule has 0 unspecified atom stereocenters. The van der Waals surface area contributed by atoms with Crippen molar-refractivity contribution in [2.75, 3.05) is 58.3 Å². The molecule has 0 atom stereocenters. The standard InChI is InChI=1S/C31H43N5O6S2/c1-26-23-34(43(39,40)29-17-15-28(16-18-29)32(2)3)21-9-19-33(25-27-11-5-4-6-12-27)20-10-22-35(24-26)44(41,42)31-14-8-7-13-30(31)36(37)38/h7-8,10,13-18,22,27H,1,4-6,9,11-12,19-21,23-25H2,2-3H3/b22-10-. The first-order chi connectivity index (χ1) is 20.9. The Bertz CT molecular complexity index is 1550. The number of nitro groups is 1. The summed E-state index contributed by atoms with van der Waals surface area (Å²) in [5, 5.41) is 11.7. The predicted molar refractivity (Wildman–Crippen MR) is 172 cm³/mol. The summed E-state index contributed by atoms with van der Waals surface area (Å²) < 4.78 is 57.8. The van der Waals surface area contributed by atoms with Crippen LogP contribution in [0.3, 0.4) is 0 Å². The van der Waals surface area contributed by atoms with Crippen LogP contribution < -0.4 is 4.90 Å². The number of nitrogens with zero attached hydrogens (tertiary/aromatic N) is 5. The highest BCUT2D eigenvalue weighted by molar-refractivity contribution is 7.89. The van der Waals surface area contributed by atoms with Crippen molar-refractivity contribution >= 4 is 31.4 Å². The van der Waals surface area contributed by atoms with Crippen molar-refractivity contribution in [3.8, 4) is 0 Å². The van der Waals surface area contributed by atoms with Crippen molar-refractivity contribution in [1.82, 2.24) is 13.5 Å². The molecular weight excluding hydrogens is 603 g/mol. The van der Waals surface area contributed by atoms with Crippen LogP contribution in [0.5, 0.6) is 0 Å². The minimum absolute atomic E-state index is 0.100. The number of nitro benzene ring substituents is 1. The van der Waals surface area contributed by atoms with E-state index in [0.29, 0.717) is 31.0 Å². The second-order valence-corrected chi connectivity index (χ2v) is 15.6. The van der Waals surface area contributed by atoms with Gasteiger partial charge in [-0.15, -0.1) is 0 Å². The molecule has 1 heterocycles. The summed E-state index contributed by atoms with van der Waals surface area (Å²) >= 11 is 0. The molecule has 1 fully saturated rings. The van der Waals surface area contributed by atoms with Crippen LogP contribution in [0.25, 0.3) is 0 Å². The van der Waals surface area contributed by atoms with Gasteiger partial charge in [0, 0.05) is 58.2 Å². The van der Waals surface area contributed by atoms with Crippen LogP contribution in [0.2, 0.25) is 0 Å². The predicted octanol–water partition coefficient (Wildman–Crippen LogP) is 4.70. The smallest absolute Gasteiger partial charge is 0.289 e. The van der Waals surface area contributed by atoms with Gasteiger partial charge in [-0.25, -0.2) is 16.8 Å². The third-order valence-corrected chi connectivity index (χ3v) is 11.8. The molecule has 0 saturated heterocycles. The molecule has 0 bridgehead atoms. The van der Waals surface area contributed by atoms with E-state index in [0.717, 1.165) is 35.4 Å². The average molecular weight is 646 g/mol. The quantitative estimate of drug-likeness (QED) is 0.230. The summed E-state index contributed by atoms with van der Waals surface area (Å²) in [6.07, 6.45) is 9.70. The number of rotatable bonds is 8. The molecular formula is C31H43N5O6S2. The monoisotopic (exact) mass is 645 g/mol. The molecule has 44 heavy (non-hydrogen) atoms. The molecule has 1 saturated carbocycles. The Hall–Kier alpha value is -3.26. The summed E-state index contributed by atoms with van der Waals surface area (Å²) in [6.45, 7) is 5.88. The molecule has 2 aromatic rings. The van der Waals surface area contributed by atoms with Crippen LogP contribution in [0.15, 0.2) is 82.7 Å². The average Bonchev–Trinajstić information content (AvgIpc) is 2.99. The van der Waals surface area contributed by atoms with E-state index in [2.05, 4.69) is 11.5 Å². The molecule has 0 spiro atoms. The SMILES string of the molecule is C=C1CN(S(=O)(=O)c2ccccc2[N+](=O)[O-])/C=C\CN(CC2CCCCC2)CCCN(S(=O)(=O)c2ccc(N(C)C)cc2)C1. The van der Waals surface area contributed by atoms with Crippen LogP contribution in [0.4, 0.5) is 11.4 Å². The molecule has 11 nitrogen and oxygen atoms in total. The second-order valence-electron chi connectivity index (χ2n) is 11.8. The van der Waals surface area contributed by atoms with Gasteiger partial charge in [-0.05, 0) is 67.6 Å². The molecule has 0 aromatic heterocycles. The van der Waals surface area contributed by atoms with Crippen molar-refractivity contribution in [1.29, 1.82) is 0 Å². The highest BCUT2D eigenvalue weighted by atomic mass is 32.2. The maximum atomic E-state index is 13.9. The number of hydrogen-bond donors (Lipinski definition) is 0. The van der Waals surface area contributed by atoms with Crippen LogP contribution >= 0.6 is 0 Å². The summed E-state index contributed by atoms with van der Waals surface area (Å²) in [4.78, 5) is 14.8. The zero-order chi connectivity index (χ0) is 31.9. The van der Waals surface area contributed by atoms with Crippen molar-refractivity contribution in [3.05, 3.63) is 83.1 Å². The lowest BCUT2D eigenvalue weighted by atomic mass is 9.89. The van der Waals surface area contributed by atoms with E-state index in [1.54, 1.807) is 30.3 Å². The fraction of sp³-hybridized carbons (Fsp3) is 0.484. The summed E-state index contributed by atoms with van der Waals surface area (Å²) in [5.41, 5.74) is 0.676. The molecule has 13 heteroatoms. The third-order valence-electron chi connectivity index (χ3n) is 8.18. The van der Waals surface area contributed by atoms with Gasteiger partial charge in [0.05, 0.1) is 16.4 Å². The molecule has 240 valence electrons. The highest BCUT2D eigenvalue weighted by Crippen LogP contribution is 2.29. The van der Waals surface area contributed by atoms with E-state index in [-0.39, 0.29) is 24.5 Å². The fourth-order valence-corrected chi connectivity index (χ4v) is 8.83. The highest BCUT2D eigenvalue weighted by Gasteiger charge is 2.32. The Morgan fingerprint density at radius 1 is 0.909 bits per heavy atom. The van der Waals surface area contributed by atoms with Gasteiger partial charge in [0.15, 0.2) is 4.90 Å². The minimum atomic E-state index is -4.37. The van der Waals surface area contributed by atoms with Crippen LogP contribution in [0, 0.1) is 16.0 Å². The zero-order valence-corrected chi connectivity index (χ0v) is 27.2. The zero-order valence-electron chi connectivity index (χ0n) is 25.5. The lowest BCUT2D eigenvalue weighted by molar-refractivity contribution is -0.387. The first-order valence-corrected chi connectivity index (χ1v) is 17.9. The number of hydrogen-bond acceptors (Lipinski definition) is 8. The van der Waals surface area contributed by atoms with Gasteiger partial charge in [0.1, 0.15) is 0 Å². The van der Waals surface area contributed by atoms with E-state index in [1.807, 2.05) is 19.0 Å². The molecule has 0 amide bonds. The second kappa shape index (κ2) is 14.7. The van der Waals surface area contributed by atoms with E-state index in [1.165, 1.54) is 48.0 Å². The largest absolute Gasteiger partial charge is 0.378 e. The van der Waals surface area contributed by atoms with Gasteiger partial charge in [0.25, 0.3) is 15.7 Å². The Balaban J connectivity index is 1.68. The number of sulfonamides is 2. The Morgan fingerprint density at radius 2 is 1.59 bits per heavy atom. The maximum Gasteiger partial charge on any atom is 0.289 e. The molecule has 0 N–H and O–H groups in total. The first-order valence-electron chi connectivity index (χ1n) is 15.0. The van der Waals surface area contributed by atoms with Gasteiger partial charge >= 0.3 is 0 Å². The third kappa shape index (κ3) is 8.26. The summed E-state index contributed by atoms with van der Waals surface area (Å²) in [6, 6.07) is 11.9. The molecule has 4 rings (SSSR count). The first kappa shape index (κ1) is 33.6. The minimum Gasteiger partial charge on any atom is -0.378 e. The van der Waals surface area contributed by atoms with E-state index in [4.69, 9.17) is 0 Å². The van der Waals surface area contributed by atoms with Crippen LogP contribution in [-0.4, -0.2) is 88.6 Å². The Morgan fingerprint density at radius 3 is 2.25 bits per heavy atom. The van der Waals surface area contributed by atoms with Crippen LogP contribution in [0.1, 0.15) is 38.5 Å². The normalized spacial score (nSPS) is 19.6. The van der Waals surface area contributed by atoms with Crippen LogP contribution in [-0.2, 0) is 20.0 Å². The summed E-state index contributed by atoms with van der Waals surface area (Å²) in [5.74, 6) is 0.534. The van der Waals surface area contributed by atoms with Gasteiger partial charge < -0.3 is 4.90 Å². The fourth-order valence-electron chi connectivity index (χ4n) is 5.82. The Labute approximate surface area is 261 Å². The number of anilines is 1. The van der Waals surface area contributed by atoms with E-state index in [9.17, 15) is 26.9 Å². The van der Waals surface area contributed by atoms with Crippen molar-refractivity contribution in [3.63, 3.8) is 0 Å². The number of benzene rings is 2. The number of para-hydroxylation sites is 1. The summed E-state index contributed by atoms with van der Waals surface area (Å²) in [7, 11) is -4.55. The van der Waals surface area contributed by atoms with Crippen molar-refractivity contribution in [2.45, 2.75) is 48.3 Å².